The van der Waals surface area contributed by atoms with Crippen LogP contribution in [0.1, 0.15) is 39.0 Å². The summed E-state index contributed by atoms with van der Waals surface area (Å²) in [6.45, 7) is 0.605. The molecule has 0 saturated carbocycles. The van der Waals surface area contributed by atoms with Gasteiger partial charge in [0.25, 0.3) is 5.91 Å². The number of ether oxygens (including phenoxy) is 2. The van der Waals surface area contributed by atoms with Gasteiger partial charge in [0.05, 0.1) is 29.2 Å². The highest BCUT2D eigenvalue weighted by Gasteiger charge is 2.28. The van der Waals surface area contributed by atoms with Crippen molar-refractivity contribution in [1.29, 1.82) is 0 Å². The van der Waals surface area contributed by atoms with Crippen LogP contribution < -0.4 is 14.2 Å². The maximum absolute atomic E-state index is 13.5. The van der Waals surface area contributed by atoms with E-state index in [1.165, 1.54) is 29.5 Å². The van der Waals surface area contributed by atoms with Gasteiger partial charge in [0.1, 0.15) is 28.9 Å². The molecule has 2 heterocycles. The molecule has 198 valence electrons. The van der Waals surface area contributed by atoms with E-state index in [9.17, 15) is 22.7 Å². The first-order chi connectivity index (χ1) is 18.1. The Bertz CT molecular complexity index is 1600. The van der Waals surface area contributed by atoms with E-state index in [2.05, 4.69) is 4.98 Å². The van der Waals surface area contributed by atoms with Crippen LogP contribution in [0.25, 0.3) is 10.2 Å². The van der Waals surface area contributed by atoms with Gasteiger partial charge < -0.3 is 14.6 Å². The van der Waals surface area contributed by atoms with Crippen LogP contribution in [-0.2, 0) is 23.1 Å². The number of nitrogens with zero attached hydrogens (tertiary/aromatic N) is 1. The van der Waals surface area contributed by atoms with Crippen molar-refractivity contribution in [3.8, 4) is 11.5 Å². The maximum atomic E-state index is 13.5. The largest absolute Gasteiger partial charge is 0.493 e. The quantitative estimate of drug-likeness (QED) is 0.347. The summed E-state index contributed by atoms with van der Waals surface area (Å²) in [5.74, 6) is -0.141. The van der Waals surface area contributed by atoms with E-state index < -0.39 is 22.0 Å². The number of rotatable bonds is 7. The molecule has 1 aliphatic rings. The van der Waals surface area contributed by atoms with E-state index in [4.69, 9.17) is 9.47 Å². The second kappa shape index (κ2) is 10.7. The van der Waals surface area contributed by atoms with Crippen molar-refractivity contribution in [2.45, 2.75) is 25.6 Å². The molecule has 38 heavy (non-hydrogen) atoms. The summed E-state index contributed by atoms with van der Waals surface area (Å²) in [4.78, 5) is 16.7. The molecule has 2 N–H and O–H groups in total. The summed E-state index contributed by atoms with van der Waals surface area (Å²) in [5.41, 5.74) is 2.20. The Hall–Kier alpha value is -3.54. The molecule has 5 rings (SSSR count). The fourth-order valence-corrected chi connectivity index (χ4v) is 5.76. The van der Waals surface area contributed by atoms with Crippen LogP contribution in [-0.4, -0.2) is 37.3 Å². The van der Waals surface area contributed by atoms with Gasteiger partial charge in [-0.2, -0.15) is 0 Å². The van der Waals surface area contributed by atoms with Crippen molar-refractivity contribution in [3.05, 3.63) is 88.2 Å². The first kappa shape index (κ1) is 26.1. The zero-order valence-corrected chi connectivity index (χ0v) is 22.0. The van der Waals surface area contributed by atoms with Crippen LogP contribution in [0.4, 0.5) is 4.39 Å². The average molecular weight is 557 g/mol. The Morgan fingerprint density at radius 1 is 1.21 bits per heavy atom. The highest BCUT2D eigenvalue weighted by atomic mass is 32.2. The SMILES string of the molecule is CS(=O)(=O)NC(=O)c1cccc(C[C@H]2CCOc3ccc(OCc4nc5cc(F)ccc5s4)cc3[C@H]2O)c1. The van der Waals surface area contributed by atoms with Crippen molar-refractivity contribution in [1.82, 2.24) is 9.71 Å². The van der Waals surface area contributed by atoms with Crippen LogP contribution >= 0.6 is 11.3 Å². The molecule has 1 amide bonds. The third-order valence-electron chi connectivity index (χ3n) is 6.21. The lowest BCUT2D eigenvalue weighted by molar-refractivity contribution is 0.0981. The lowest BCUT2D eigenvalue weighted by atomic mass is 9.87. The number of thiazole rings is 1. The Labute approximate surface area is 223 Å². The van der Waals surface area contributed by atoms with Crippen molar-refractivity contribution in [2.24, 2.45) is 5.92 Å². The van der Waals surface area contributed by atoms with Gasteiger partial charge in [0.2, 0.25) is 10.0 Å². The fraction of sp³-hybridized carbons (Fsp3) is 0.259. The highest BCUT2D eigenvalue weighted by Crippen LogP contribution is 2.39. The predicted molar refractivity (Wildman–Crippen MR) is 141 cm³/mol. The molecule has 0 unspecified atom stereocenters. The fourth-order valence-electron chi connectivity index (χ4n) is 4.45. The molecule has 1 aliphatic heterocycles. The number of nitrogens with one attached hydrogen (secondary N) is 1. The van der Waals surface area contributed by atoms with Crippen molar-refractivity contribution < 1.29 is 32.2 Å². The Morgan fingerprint density at radius 2 is 2.05 bits per heavy atom. The van der Waals surface area contributed by atoms with Crippen molar-refractivity contribution in [3.63, 3.8) is 0 Å². The van der Waals surface area contributed by atoms with E-state index in [-0.39, 0.29) is 23.9 Å². The van der Waals surface area contributed by atoms with Gasteiger partial charge in [0.15, 0.2) is 0 Å². The van der Waals surface area contributed by atoms with Crippen molar-refractivity contribution >= 4 is 37.5 Å². The smallest absolute Gasteiger partial charge is 0.264 e. The van der Waals surface area contributed by atoms with Gasteiger partial charge >= 0.3 is 0 Å². The van der Waals surface area contributed by atoms with E-state index in [0.717, 1.165) is 16.5 Å². The maximum Gasteiger partial charge on any atom is 0.264 e. The number of aliphatic hydroxyl groups excluding tert-OH is 1. The molecule has 0 aliphatic carbocycles. The molecule has 8 nitrogen and oxygen atoms in total. The highest BCUT2D eigenvalue weighted by molar-refractivity contribution is 7.89. The number of carbonyl (C=O) groups excluding carboxylic acids is 1. The van der Waals surface area contributed by atoms with Gasteiger partial charge in [-0.25, -0.2) is 22.5 Å². The molecule has 0 radical (unpaired) electrons. The number of hydrogen-bond acceptors (Lipinski definition) is 8. The van der Waals surface area contributed by atoms with Crippen LogP contribution in [0.2, 0.25) is 0 Å². The predicted octanol–water partition coefficient (Wildman–Crippen LogP) is 4.38. The second-order valence-electron chi connectivity index (χ2n) is 9.16. The summed E-state index contributed by atoms with van der Waals surface area (Å²) in [6.07, 6.45) is 1.10. The minimum absolute atomic E-state index is 0.197. The molecule has 3 aromatic carbocycles. The van der Waals surface area contributed by atoms with Crippen molar-refractivity contribution in [2.75, 3.05) is 12.9 Å². The number of aliphatic hydroxyl groups is 1. The lowest BCUT2D eigenvalue weighted by Gasteiger charge is -2.21. The molecular weight excluding hydrogens is 531 g/mol. The number of hydrogen-bond donors (Lipinski definition) is 2. The molecule has 4 aromatic rings. The van der Waals surface area contributed by atoms with E-state index in [0.29, 0.717) is 47.0 Å². The minimum atomic E-state index is -3.68. The summed E-state index contributed by atoms with van der Waals surface area (Å²) in [5, 5.41) is 12.0. The number of fused-ring (bicyclic) bond motifs is 2. The molecule has 0 saturated heterocycles. The van der Waals surface area contributed by atoms with E-state index in [1.54, 1.807) is 36.4 Å². The molecule has 1 aromatic heterocycles. The first-order valence-corrected chi connectivity index (χ1v) is 14.6. The zero-order valence-electron chi connectivity index (χ0n) is 20.4. The normalized spacial score (nSPS) is 17.3. The van der Waals surface area contributed by atoms with Gasteiger partial charge in [-0.05, 0) is 66.8 Å². The number of benzene rings is 3. The number of amides is 1. The van der Waals surface area contributed by atoms with Gasteiger partial charge in [0, 0.05) is 17.2 Å². The van der Waals surface area contributed by atoms with Gasteiger partial charge in [-0.1, -0.05) is 12.1 Å². The van der Waals surface area contributed by atoms with Gasteiger partial charge in [-0.3, -0.25) is 4.79 Å². The minimum Gasteiger partial charge on any atom is -0.493 e. The van der Waals surface area contributed by atoms with E-state index in [1.807, 2.05) is 10.8 Å². The third-order valence-corrected chi connectivity index (χ3v) is 7.78. The first-order valence-electron chi connectivity index (χ1n) is 11.9. The third kappa shape index (κ3) is 6.12. The van der Waals surface area contributed by atoms with Crippen LogP contribution in [0.5, 0.6) is 11.5 Å². The van der Waals surface area contributed by atoms with Crippen LogP contribution in [0.3, 0.4) is 0 Å². The van der Waals surface area contributed by atoms with Gasteiger partial charge in [-0.15, -0.1) is 11.3 Å². The van der Waals surface area contributed by atoms with Crippen LogP contribution in [0.15, 0.2) is 60.7 Å². The molecule has 11 heteroatoms. The second-order valence-corrected chi connectivity index (χ2v) is 12.0. The summed E-state index contributed by atoms with van der Waals surface area (Å²) in [7, 11) is -3.68. The number of aromatic nitrogens is 1. The molecule has 0 fully saturated rings. The molecule has 0 spiro atoms. The zero-order chi connectivity index (χ0) is 26.9. The lowest BCUT2D eigenvalue weighted by Crippen LogP contribution is -2.29. The Balaban J connectivity index is 1.30. The number of sulfonamides is 1. The van der Waals surface area contributed by atoms with E-state index >= 15 is 0 Å². The molecular formula is C27H25FN2O6S2. The summed E-state index contributed by atoms with van der Waals surface area (Å²) < 4.78 is 51.0. The molecule has 0 bridgehead atoms. The monoisotopic (exact) mass is 556 g/mol. The number of carbonyl (C=O) groups is 1. The summed E-state index contributed by atoms with van der Waals surface area (Å²) in [6, 6.07) is 16.4. The Kier molecular flexibility index (Phi) is 7.33. The average Bonchev–Trinajstić information content (AvgIpc) is 3.21. The Morgan fingerprint density at radius 3 is 2.87 bits per heavy atom. The molecule has 2 atom stereocenters. The number of halogens is 1. The standard InChI is InChI=1S/C27H25FN2O6S2/c1-38(33,34)30-27(32)18-4-2-3-16(12-18)11-17-9-10-35-23-7-6-20(14-21(23)26(17)31)36-15-25-29-22-13-19(28)5-8-24(22)37-25/h2-8,12-14,17,26,31H,9-11,15H2,1H3,(H,30,32)/t17-,26+/m1/s1. The topological polar surface area (TPSA) is 115 Å². The summed E-state index contributed by atoms with van der Waals surface area (Å²) >= 11 is 1.43. The van der Waals surface area contributed by atoms with Crippen LogP contribution in [0, 0.1) is 11.7 Å².